The summed E-state index contributed by atoms with van der Waals surface area (Å²) in [6.07, 6.45) is 7.01. The summed E-state index contributed by atoms with van der Waals surface area (Å²) in [5, 5.41) is 0. The highest BCUT2D eigenvalue weighted by Gasteiger charge is 2.30. The van der Waals surface area contributed by atoms with Gasteiger partial charge in [-0.15, -0.1) is 0 Å². The van der Waals surface area contributed by atoms with Crippen LogP contribution in [0.4, 0.5) is 0 Å². The van der Waals surface area contributed by atoms with E-state index in [-0.39, 0.29) is 11.9 Å². The van der Waals surface area contributed by atoms with Gasteiger partial charge in [-0.05, 0) is 38.4 Å². The van der Waals surface area contributed by atoms with Gasteiger partial charge in [0.05, 0.1) is 6.10 Å². The molecule has 1 atom stereocenters. The normalized spacial score (nSPS) is 18.4. The molecule has 0 aromatic heterocycles. The second-order valence-corrected chi connectivity index (χ2v) is 11.6. The first kappa shape index (κ1) is 16.4. The number of carbonyl (C=O) groups excluding carboxylic acids is 1. The second kappa shape index (κ2) is 7.37. The van der Waals surface area contributed by atoms with E-state index in [1.165, 1.54) is 32.1 Å². The van der Waals surface area contributed by atoms with Gasteiger partial charge in [-0.25, -0.2) is 0 Å². The van der Waals surface area contributed by atoms with Crippen molar-refractivity contribution in [1.82, 2.24) is 0 Å². The molecule has 3 heteroatoms. The van der Waals surface area contributed by atoms with Crippen LogP contribution in [-0.4, -0.2) is 20.2 Å². The largest absolute Gasteiger partial charge is 0.414 e. The summed E-state index contributed by atoms with van der Waals surface area (Å²) in [5.74, 6) is 0.794. The van der Waals surface area contributed by atoms with Gasteiger partial charge < -0.3 is 4.43 Å². The molecule has 1 unspecified atom stereocenters. The molecular formula is C18H28O2Si. The Morgan fingerprint density at radius 3 is 2.33 bits per heavy atom. The quantitative estimate of drug-likeness (QED) is 0.542. The molecule has 0 N–H and O–H groups in total. The Morgan fingerprint density at radius 2 is 1.76 bits per heavy atom. The molecule has 21 heavy (non-hydrogen) atoms. The number of carbonyl (C=O) groups is 1. The Kier molecular flexibility index (Phi) is 5.77. The van der Waals surface area contributed by atoms with Crippen molar-refractivity contribution in [2.75, 3.05) is 0 Å². The van der Waals surface area contributed by atoms with E-state index in [9.17, 15) is 4.79 Å². The summed E-state index contributed by atoms with van der Waals surface area (Å²) in [5.41, 5.74) is 0.817. The number of ketones is 1. The Balaban J connectivity index is 2.06. The van der Waals surface area contributed by atoms with Crippen LogP contribution in [0.25, 0.3) is 0 Å². The Bertz CT molecular complexity index is 444. The fraction of sp³-hybridized carbons (Fsp3) is 0.611. The standard InChI is InChI=1S/C18H28O2Si/c1-21(2,3)20-18(16-12-8-5-9-13-16)14-17(19)15-10-6-4-7-11-15/h4,6-7,10-11,16,18H,5,8-9,12-14H2,1-3H3. The molecule has 0 spiro atoms. The van der Waals surface area contributed by atoms with Crippen LogP contribution in [0.1, 0.15) is 48.9 Å². The van der Waals surface area contributed by atoms with E-state index >= 15 is 0 Å². The zero-order valence-corrected chi connectivity index (χ0v) is 14.6. The lowest BCUT2D eigenvalue weighted by Gasteiger charge is -2.34. The molecule has 2 rings (SSSR count). The summed E-state index contributed by atoms with van der Waals surface area (Å²) in [7, 11) is -1.62. The molecule has 116 valence electrons. The second-order valence-electron chi connectivity index (χ2n) is 7.16. The van der Waals surface area contributed by atoms with Crippen molar-refractivity contribution in [2.45, 2.75) is 64.3 Å². The molecule has 0 radical (unpaired) electrons. The summed E-state index contributed by atoms with van der Waals surface area (Å²) in [6.45, 7) is 6.65. The number of benzene rings is 1. The van der Waals surface area contributed by atoms with Gasteiger partial charge in [-0.3, -0.25) is 4.79 Å². The summed E-state index contributed by atoms with van der Waals surface area (Å²) < 4.78 is 6.39. The number of hydrogen-bond donors (Lipinski definition) is 0. The van der Waals surface area contributed by atoms with Crippen molar-refractivity contribution < 1.29 is 9.22 Å². The van der Waals surface area contributed by atoms with Crippen LogP contribution in [-0.2, 0) is 4.43 Å². The van der Waals surface area contributed by atoms with E-state index in [1.54, 1.807) is 0 Å². The molecule has 1 aliphatic carbocycles. The first-order valence-electron chi connectivity index (χ1n) is 8.22. The van der Waals surface area contributed by atoms with Gasteiger partial charge in [-0.2, -0.15) is 0 Å². The molecule has 2 nitrogen and oxygen atoms in total. The highest BCUT2D eigenvalue weighted by molar-refractivity contribution is 6.69. The van der Waals surface area contributed by atoms with E-state index in [0.717, 1.165) is 5.56 Å². The molecule has 0 bridgehead atoms. The zero-order valence-electron chi connectivity index (χ0n) is 13.6. The van der Waals surface area contributed by atoms with Crippen LogP contribution < -0.4 is 0 Å². The minimum atomic E-state index is -1.62. The van der Waals surface area contributed by atoms with E-state index in [4.69, 9.17) is 4.43 Å². The van der Waals surface area contributed by atoms with Crippen molar-refractivity contribution in [1.29, 1.82) is 0 Å². The Hall–Kier alpha value is -0.933. The van der Waals surface area contributed by atoms with E-state index in [2.05, 4.69) is 19.6 Å². The van der Waals surface area contributed by atoms with Gasteiger partial charge in [0.15, 0.2) is 14.1 Å². The monoisotopic (exact) mass is 304 g/mol. The van der Waals surface area contributed by atoms with Crippen LogP contribution in [0.15, 0.2) is 30.3 Å². The molecule has 1 aliphatic rings. The van der Waals surface area contributed by atoms with E-state index in [0.29, 0.717) is 12.3 Å². The smallest absolute Gasteiger partial charge is 0.184 e. The van der Waals surface area contributed by atoms with Crippen LogP contribution in [0.2, 0.25) is 19.6 Å². The molecule has 0 aliphatic heterocycles. The minimum absolute atomic E-state index is 0.115. The fourth-order valence-corrected chi connectivity index (χ4v) is 4.37. The lowest BCUT2D eigenvalue weighted by Crippen LogP contribution is -2.38. The molecule has 1 saturated carbocycles. The summed E-state index contributed by atoms with van der Waals surface area (Å²) in [6, 6.07) is 9.64. The molecule has 0 heterocycles. The van der Waals surface area contributed by atoms with Crippen molar-refractivity contribution in [3.8, 4) is 0 Å². The molecular weight excluding hydrogens is 276 g/mol. The molecule has 0 saturated heterocycles. The van der Waals surface area contributed by atoms with Crippen molar-refractivity contribution in [3.05, 3.63) is 35.9 Å². The molecule has 0 amide bonds. The minimum Gasteiger partial charge on any atom is -0.414 e. The lowest BCUT2D eigenvalue weighted by molar-refractivity contribution is 0.0720. The molecule has 1 fully saturated rings. The third-order valence-corrected chi connectivity index (χ3v) is 5.17. The average Bonchev–Trinajstić information content (AvgIpc) is 2.47. The maximum absolute atomic E-state index is 12.5. The van der Waals surface area contributed by atoms with Crippen molar-refractivity contribution in [2.24, 2.45) is 5.92 Å². The molecule has 1 aromatic rings. The first-order chi connectivity index (χ1) is 9.96. The Morgan fingerprint density at radius 1 is 1.14 bits per heavy atom. The van der Waals surface area contributed by atoms with Gasteiger partial charge in [0, 0.05) is 12.0 Å². The summed E-state index contributed by atoms with van der Waals surface area (Å²) in [4.78, 5) is 12.5. The summed E-state index contributed by atoms with van der Waals surface area (Å²) >= 11 is 0. The average molecular weight is 305 g/mol. The fourth-order valence-electron chi connectivity index (χ4n) is 3.19. The first-order valence-corrected chi connectivity index (χ1v) is 11.6. The van der Waals surface area contributed by atoms with Crippen LogP contribution in [0.3, 0.4) is 0 Å². The van der Waals surface area contributed by atoms with Crippen molar-refractivity contribution >= 4 is 14.1 Å². The highest BCUT2D eigenvalue weighted by Crippen LogP contribution is 2.31. The van der Waals surface area contributed by atoms with Crippen LogP contribution >= 0.6 is 0 Å². The Labute approximate surface area is 130 Å². The zero-order chi connectivity index (χ0) is 15.3. The van der Waals surface area contributed by atoms with E-state index in [1.807, 2.05) is 30.3 Å². The third-order valence-electron chi connectivity index (χ3n) is 4.16. The van der Waals surface area contributed by atoms with Crippen LogP contribution in [0, 0.1) is 5.92 Å². The number of Topliss-reactive ketones (excluding diaryl/α,β-unsaturated/α-hetero) is 1. The maximum Gasteiger partial charge on any atom is 0.184 e. The van der Waals surface area contributed by atoms with Gasteiger partial charge >= 0.3 is 0 Å². The third kappa shape index (κ3) is 5.40. The van der Waals surface area contributed by atoms with Crippen molar-refractivity contribution in [3.63, 3.8) is 0 Å². The highest BCUT2D eigenvalue weighted by atomic mass is 28.4. The van der Waals surface area contributed by atoms with Gasteiger partial charge in [-0.1, -0.05) is 49.6 Å². The number of rotatable bonds is 6. The van der Waals surface area contributed by atoms with Gasteiger partial charge in [0.2, 0.25) is 0 Å². The topological polar surface area (TPSA) is 26.3 Å². The lowest BCUT2D eigenvalue weighted by atomic mass is 9.83. The van der Waals surface area contributed by atoms with Crippen LogP contribution in [0.5, 0.6) is 0 Å². The van der Waals surface area contributed by atoms with Gasteiger partial charge in [0.1, 0.15) is 0 Å². The predicted molar refractivity (Wildman–Crippen MR) is 90.2 cm³/mol. The van der Waals surface area contributed by atoms with E-state index < -0.39 is 8.32 Å². The number of hydrogen-bond acceptors (Lipinski definition) is 2. The molecule has 1 aromatic carbocycles. The van der Waals surface area contributed by atoms with Gasteiger partial charge in [0.25, 0.3) is 0 Å². The predicted octanol–water partition coefficient (Wildman–Crippen LogP) is 5.06. The SMILES string of the molecule is C[Si](C)(C)OC(CC(=O)c1ccccc1)C1CCCCC1. The maximum atomic E-state index is 12.5.